The number of amides is 1. The van der Waals surface area contributed by atoms with Crippen LogP contribution in [0.25, 0.3) is 0 Å². The van der Waals surface area contributed by atoms with Crippen LogP contribution < -0.4 is 5.32 Å². The van der Waals surface area contributed by atoms with Crippen LogP contribution in [-0.4, -0.2) is 31.7 Å². The van der Waals surface area contributed by atoms with Crippen molar-refractivity contribution in [1.82, 2.24) is 5.32 Å². The molecule has 1 atom stereocenters. The first-order valence-electron chi connectivity index (χ1n) is 7.59. The van der Waals surface area contributed by atoms with Gasteiger partial charge >= 0.3 is 5.97 Å². The van der Waals surface area contributed by atoms with Crippen LogP contribution in [0.1, 0.15) is 33.9 Å². The van der Waals surface area contributed by atoms with Crippen LogP contribution in [0.3, 0.4) is 0 Å². The summed E-state index contributed by atoms with van der Waals surface area (Å²) < 4.78 is 22.8. The molecule has 0 heterocycles. The summed E-state index contributed by atoms with van der Waals surface area (Å²) in [5.74, 6) is -1.64. The average Bonchev–Trinajstić information content (AvgIpc) is 2.53. The van der Waals surface area contributed by atoms with Gasteiger partial charge in [0.05, 0.1) is 18.2 Å². The normalized spacial score (nSPS) is 12.4. The number of carbonyl (C=O) groups is 2. The van der Waals surface area contributed by atoms with E-state index in [2.05, 4.69) is 5.32 Å². The standard InChI is InChI=1S/C18H19NO5S/c1-25(23,24)12-13-6-5-9-15(10-13)18(22)19-16(11-17(20)21)14-7-3-2-4-8-14/h2-10,16H,11-12H2,1H3,(H,19,22)(H,20,21)/t16-/m1/s1. The Morgan fingerprint density at radius 2 is 1.76 bits per heavy atom. The molecule has 2 rings (SSSR count). The Labute approximate surface area is 146 Å². The quantitative estimate of drug-likeness (QED) is 0.787. The molecule has 0 fully saturated rings. The summed E-state index contributed by atoms with van der Waals surface area (Å²) in [5.41, 5.74) is 1.47. The van der Waals surface area contributed by atoms with Gasteiger partial charge in [-0.05, 0) is 23.3 Å². The van der Waals surface area contributed by atoms with E-state index >= 15 is 0 Å². The van der Waals surface area contributed by atoms with Gasteiger partial charge in [-0.3, -0.25) is 9.59 Å². The van der Waals surface area contributed by atoms with Gasteiger partial charge in [0.25, 0.3) is 5.91 Å². The number of nitrogens with one attached hydrogen (secondary N) is 1. The molecule has 0 saturated carbocycles. The van der Waals surface area contributed by atoms with Crippen molar-refractivity contribution in [2.45, 2.75) is 18.2 Å². The van der Waals surface area contributed by atoms with Crippen molar-refractivity contribution < 1.29 is 23.1 Å². The second kappa shape index (κ2) is 7.94. The molecule has 2 aromatic rings. The van der Waals surface area contributed by atoms with Crippen molar-refractivity contribution in [3.8, 4) is 0 Å². The molecule has 0 aliphatic rings. The lowest BCUT2D eigenvalue weighted by Crippen LogP contribution is -2.30. The van der Waals surface area contributed by atoms with Crippen molar-refractivity contribution >= 4 is 21.7 Å². The number of hydrogen-bond acceptors (Lipinski definition) is 4. The Bertz CT molecular complexity index is 862. The van der Waals surface area contributed by atoms with E-state index in [9.17, 15) is 18.0 Å². The first kappa shape index (κ1) is 18.7. The Balaban J connectivity index is 2.21. The van der Waals surface area contributed by atoms with E-state index in [0.29, 0.717) is 11.1 Å². The lowest BCUT2D eigenvalue weighted by atomic mass is 10.0. The number of benzene rings is 2. The molecule has 132 valence electrons. The minimum atomic E-state index is -3.21. The monoisotopic (exact) mass is 361 g/mol. The molecule has 0 unspecified atom stereocenters. The fourth-order valence-electron chi connectivity index (χ4n) is 2.46. The van der Waals surface area contributed by atoms with Gasteiger partial charge < -0.3 is 10.4 Å². The van der Waals surface area contributed by atoms with Gasteiger partial charge in [0.2, 0.25) is 0 Å². The molecule has 2 N–H and O–H groups in total. The maximum absolute atomic E-state index is 12.5. The summed E-state index contributed by atoms with van der Waals surface area (Å²) >= 11 is 0. The zero-order valence-electron chi connectivity index (χ0n) is 13.7. The molecule has 1 amide bonds. The largest absolute Gasteiger partial charge is 0.481 e. The van der Waals surface area contributed by atoms with Gasteiger partial charge in [0, 0.05) is 11.8 Å². The third-order valence-corrected chi connectivity index (χ3v) is 4.36. The van der Waals surface area contributed by atoms with Gasteiger partial charge in [0.15, 0.2) is 9.84 Å². The van der Waals surface area contributed by atoms with Gasteiger partial charge in [0.1, 0.15) is 0 Å². The van der Waals surface area contributed by atoms with E-state index < -0.39 is 27.8 Å². The molecule has 0 aromatic heterocycles. The summed E-state index contributed by atoms with van der Waals surface area (Å²) in [6.07, 6.45) is 0.872. The molecule has 0 saturated heterocycles. The first-order valence-corrected chi connectivity index (χ1v) is 9.65. The maximum Gasteiger partial charge on any atom is 0.305 e. The summed E-state index contributed by atoms with van der Waals surface area (Å²) in [6, 6.07) is 14.4. The number of hydrogen-bond donors (Lipinski definition) is 2. The molecule has 0 bridgehead atoms. The molecule has 6 nitrogen and oxygen atoms in total. The summed E-state index contributed by atoms with van der Waals surface area (Å²) in [6.45, 7) is 0. The molecular formula is C18H19NO5S. The topological polar surface area (TPSA) is 101 Å². The first-order chi connectivity index (χ1) is 11.7. The van der Waals surface area contributed by atoms with Crippen molar-refractivity contribution in [1.29, 1.82) is 0 Å². The van der Waals surface area contributed by atoms with Gasteiger partial charge in [-0.15, -0.1) is 0 Å². The van der Waals surface area contributed by atoms with Crippen LogP contribution in [0.4, 0.5) is 0 Å². The molecule has 25 heavy (non-hydrogen) atoms. The smallest absolute Gasteiger partial charge is 0.305 e. The van der Waals surface area contributed by atoms with E-state index in [-0.39, 0.29) is 17.7 Å². The highest BCUT2D eigenvalue weighted by molar-refractivity contribution is 7.89. The fourth-order valence-corrected chi connectivity index (χ4v) is 3.24. The number of carboxylic acid groups (broad SMARTS) is 1. The van der Waals surface area contributed by atoms with E-state index in [1.807, 2.05) is 0 Å². The average molecular weight is 361 g/mol. The number of sulfone groups is 1. The van der Waals surface area contributed by atoms with E-state index in [0.717, 1.165) is 6.26 Å². The lowest BCUT2D eigenvalue weighted by molar-refractivity contribution is -0.137. The van der Waals surface area contributed by atoms with Crippen molar-refractivity contribution in [3.05, 3.63) is 71.3 Å². The molecule has 0 aliphatic carbocycles. The van der Waals surface area contributed by atoms with Gasteiger partial charge in [-0.1, -0.05) is 42.5 Å². The predicted octanol–water partition coefficient (Wildman–Crippen LogP) is 2.18. The second-order valence-electron chi connectivity index (χ2n) is 5.81. The van der Waals surface area contributed by atoms with E-state index in [1.54, 1.807) is 48.5 Å². The molecular weight excluding hydrogens is 342 g/mol. The number of carboxylic acids is 1. The fraction of sp³-hybridized carbons (Fsp3) is 0.222. The summed E-state index contributed by atoms with van der Waals surface area (Å²) in [7, 11) is -3.21. The Morgan fingerprint density at radius 1 is 1.08 bits per heavy atom. The van der Waals surface area contributed by atoms with Gasteiger partial charge in [-0.2, -0.15) is 0 Å². The molecule has 0 aliphatic heterocycles. The molecule has 0 spiro atoms. The summed E-state index contributed by atoms with van der Waals surface area (Å²) in [5, 5.41) is 11.8. The highest BCUT2D eigenvalue weighted by atomic mass is 32.2. The summed E-state index contributed by atoms with van der Waals surface area (Å²) in [4.78, 5) is 23.6. The second-order valence-corrected chi connectivity index (χ2v) is 7.95. The minimum Gasteiger partial charge on any atom is -0.481 e. The Hall–Kier alpha value is -2.67. The Kier molecular flexibility index (Phi) is 5.93. The number of aliphatic carboxylic acids is 1. The van der Waals surface area contributed by atoms with Crippen LogP contribution in [0.2, 0.25) is 0 Å². The van der Waals surface area contributed by atoms with Gasteiger partial charge in [-0.25, -0.2) is 8.42 Å². The zero-order valence-corrected chi connectivity index (χ0v) is 14.5. The maximum atomic E-state index is 12.5. The van der Waals surface area contributed by atoms with Crippen LogP contribution in [0.15, 0.2) is 54.6 Å². The van der Waals surface area contributed by atoms with Crippen LogP contribution in [0, 0.1) is 0 Å². The SMILES string of the molecule is CS(=O)(=O)Cc1cccc(C(=O)N[C@H](CC(=O)O)c2ccccc2)c1. The van der Waals surface area contributed by atoms with Crippen molar-refractivity contribution in [3.63, 3.8) is 0 Å². The predicted molar refractivity (Wildman–Crippen MR) is 93.9 cm³/mol. The highest BCUT2D eigenvalue weighted by Crippen LogP contribution is 2.18. The van der Waals surface area contributed by atoms with Crippen LogP contribution in [0.5, 0.6) is 0 Å². The van der Waals surface area contributed by atoms with E-state index in [4.69, 9.17) is 5.11 Å². The lowest BCUT2D eigenvalue weighted by Gasteiger charge is -2.17. The van der Waals surface area contributed by atoms with E-state index in [1.165, 1.54) is 6.07 Å². The third kappa shape index (κ3) is 6.04. The Morgan fingerprint density at radius 3 is 2.36 bits per heavy atom. The van der Waals surface area contributed by atoms with Crippen molar-refractivity contribution in [2.24, 2.45) is 0 Å². The number of rotatable bonds is 7. The third-order valence-electron chi connectivity index (χ3n) is 3.50. The minimum absolute atomic E-state index is 0.161. The molecule has 2 aromatic carbocycles. The molecule has 7 heteroatoms. The number of carbonyl (C=O) groups excluding carboxylic acids is 1. The van der Waals surface area contributed by atoms with Crippen LogP contribution in [-0.2, 0) is 20.4 Å². The van der Waals surface area contributed by atoms with Crippen molar-refractivity contribution in [2.75, 3.05) is 6.26 Å². The zero-order chi connectivity index (χ0) is 18.4. The van der Waals surface area contributed by atoms with Crippen LogP contribution >= 0.6 is 0 Å². The highest BCUT2D eigenvalue weighted by Gasteiger charge is 2.19. The molecule has 0 radical (unpaired) electrons.